The minimum Gasteiger partial charge on any atom is -0.328 e. The lowest BCUT2D eigenvalue weighted by Gasteiger charge is -2.25. The molecule has 1 aliphatic heterocycles. The van der Waals surface area contributed by atoms with Crippen LogP contribution in [0.4, 0.5) is 0 Å². The highest BCUT2D eigenvalue weighted by molar-refractivity contribution is 6.28. The van der Waals surface area contributed by atoms with Crippen LogP contribution in [-0.2, 0) is 6.54 Å². The zero-order valence-corrected chi connectivity index (χ0v) is 9.17. The van der Waals surface area contributed by atoms with Crippen molar-refractivity contribution < 1.29 is 0 Å². The fourth-order valence-corrected chi connectivity index (χ4v) is 2.47. The third-order valence-electron chi connectivity index (χ3n) is 2.85. The smallest absolute Gasteiger partial charge is 0.202 e. The molecule has 0 aliphatic carbocycles. The number of halogens is 1. The molecule has 2 unspecified atom stereocenters. The topological polar surface area (TPSA) is 43.8 Å². The lowest BCUT2D eigenvalue weighted by molar-refractivity contribution is 0.416. The van der Waals surface area contributed by atoms with E-state index in [1.807, 2.05) is 6.20 Å². The van der Waals surface area contributed by atoms with Crippen LogP contribution in [0.15, 0.2) is 6.20 Å². The molecule has 0 saturated heterocycles. The van der Waals surface area contributed by atoms with E-state index in [0.29, 0.717) is 11.2 Å². The molecule has 0 fully saturated rings. The van der Waals surface area contributed by atoms with Gasteiger partial charge in [0.05, 0.1) is 6.20 Å². The molecule has 2 rings (SSSR count). The number of hydrogen-bond acceptors (Lipinski definition) is 2. The minimum absolute atomic E-state index is 0.250. The van der Waals surface area contributed by atoms with Crippen molar-refractivity contribution in [1.29, 1.82) is 0 Å². The van der Waals surface area contributed by atoms with Crippen LogP contribution in [0.25, 0.3) is 0 Å². The largest absolute Gasteiger partial charge is 0.328 e. The van der Waals surface area contributed by atoms with Gasteiger partial charge in [0.15, 0.2) is 0 Å². The van der Waals surface area contributed by atoms with E-state index in [9.17, 15) is 0 Å². The Kier molecular flexibility index (Phi) is 2.79. The standard InChI is InChI=1S/C10H16ClN3/c1-7(12)5-8-3-2-4-14-9(8)6-13-10(14)11/h6-8H,2-5,12H2,1H3. The maximum atomic E-state index is 5.98. The number of nitrogens with zero attached hydrogens (tertiary/aromatic N) is 2. The number of imidazole rings is 1. The lowest BCUT2D eigenvalue weighted by Crippen LogP contribution is -2.23. The summed E-state index contributed by atoms with van der Waals surface area (Å²) < 4.78 is 2.11. The summed E-state index contributed by atoms with van der Waals surface area (Å²) in [5, 5.41) is 0.620. The van der Waals surface area contributed by atoms with Crippen LogP contribution < -0.4 is 5.73 Å². The Morgan fingerprint density at radius 2 is 2.57 bits per heavy atom. The number of aromatic nitrogens is 2. The van der Waals surface area contributed by atoms with Crippen molar-refractivity contribution in [2.75, 3.05) is 0 Å². The Balaban J connectivity index is 2.22. The van der Waals surface area contributed by atoms with Crippen molar-refractivity contribution in [3.8, 4) is 0 Å². The van der Waals surface area contributed by atoms with E-state index in [4.69, 9.17) is 17.3 Å². The first-order valence-electron chi connectivity index (χ1n) is 5.15. The SMILES string of the molecule is CC(N)CC1CCCn2c1cnc2Cl. The highest BCUT2D eigenvalue weighted by atomic mass is 35.5. The summed E-state index contributed by atoms with van der Waals surface area (Å²) >= 11 is 5.98. The summed E-state index contributed by atoms with van der Waals surface area (Å²) in [7, 11) is 0. The van der Waals surface area contributed by atoms with Gasteiger partial charge < -0.3 is 10.3 Å². The predicted molar refractivity (Wildman–Crippen MR) is 57.5 cm³/mol. The van der Waals surface area contributed by atoms with Gasteiger partial charge in [-0.3, -0.25) is 0 Å². The summed E-state index contributed by atoms with van der Waals surface area (Å²) in [4.78, 5) is 4.14. The molecule has 4 heteroatoms. The molecule has 0 radical (unpaired) electrons. The van der Waals surface area contributed by atoms with Gasteiger partial charge in [-0.05, 0) is 37.8 Å². The van der Waals surface area contributed by atoms with E-state index in [-0.39, 0.29) is 6.04 Å². The molecule has 0 aromatic carbocycles. The molecular weight excluding hydrogens is 198 g/mol. The minimum atomic E-state index is 0.250. The van der Waals surface area contributed by atoms with E-state index in [0.717, 1.165) is 13.0 Å². The Bertz CT molecular complexity index is 319. The van der Waals surface area contributed by atoms with Crippen LogP contribution >= 0.6 is 11.6 Å². The van der Waals surface area contributed by atoms with E-state index in [1.165, 1.54) is 18.5 Å². The average molecular weight is 214 g/mol. The van der Waals surface area contributed by atoms with Gasteiger partial charge in [0.25, 0.3) is 0 Å². The van der Waals surface area contributed by atoms with Crippen molar-refractivity contribution in [3.63, 3.8) is 0 Å². The molecule has 14 heavy (non-hydrogen) atoms. The molecule has 3 nitrogen and oxygen atoms in total. The average Bonchev–Trinajstić information content (AvgIpc) is 2.49. The Morgan fingerprint density at radius 1 is 1.79 bits per heavy atom. The van der Waals surface area contributed by atoms with Crippen LogP contribution in [0.5, 0.6) is 0 Å². The maximum Gasteiger partial charge on any atom is 0.202 e. The van der Waals surface area contributed by atoms with Crippen LogP contribution in [-0.4, -0.2) is 15.6 Å². The van der Waals surface area contributed by atoms with Crippen LogP contribution in [0.2, 0.25) is 5.28 Å². The maximum absolute atomic E-state index is 5.98. The van der Waals surface area contributed by atoms with Crippen molar-refractivity contribution in [1.82, 2.24) is 9.55 Å². The van der Waals surface area contributed by atoms with Crippen molar-refractivity contribution in [3.05, 3.63) is 17.2 Å². The fourth-order valence-electron chi connectivity index (χ4n) is 2.24. The number of nitrogens with two attached hydrogens (primary N) is 1. The van der Waals surface area contributed by atoms with E-state index >= 15 is 0 Å². The monoisotopic (exact) mass is 213 g/mol. The summed E-state index contributed by atoms with van der Waals surface area (Å²) in [5.74, 6) is 0.545. The Morgan fingerprint density at radius 3 is 3.29 bits per heavy atom. The second-order valence-corrected chi connectivity index (χ2v) is 4.49. The van der Waals surface area contributed by atoms with Crippen LogP contribution in [0, 0.1) is 0 Å². The van der Waals surface area contributed by atoms with Gasteiger partial charge in [-0.25, -0.2) is 4.98 Å². The molecular formula is C10H16ClN3. The molecule has 2 heterocycles. The Labute approximate surface area is 89.3 Å². The van der Waals surface area contributed by atoms with Gasteiger partial charge in [-0.2, -0.15) is 0 Å². The van der Waals surface area contributed by atoms with E-state index in [2.05, 4.69) is 16.5 Å². The second-order valence-electron chi connectivity index (χ2n) is 4.16. The third kappa shape index (κ3) is 1.79. The molecule has 1 aromatic rings. The molecule has 0 spiro atoms. The highest BCUT2D eigenvalue weighted by Crippen LogP contribution is 2.32. The molecule has 0 bridgehead atoms. The second kappa shape index (κ2) is 3.91. The van der Waals surface area contributed by atoms with E-state index in [1.54, 1.807) is 0 Å². The van der Waals surface area contributed by atoms with E-state index < -0.39 is 0 Å². The summed E-state index contributed by atoms with van der Waals surface area (Å²) in [6.45, 7) is 3.06. The van der Waals surface area contributed by atoms with Crippen LogP contribution in [0.1, 0.15) is 37.8 Å². The highest BCUT2D eigenvalue weighted by Gasteiger charge is 2.23. The fraction of sp³-hybridized carbons (Fsp3) is 0.700. The normalized spacial score (nSPS) is 23.2. The first kappa shape index (κ1) is 9.99. The van der Waals surface area contributed by atoms with Gasteiger partial charge in [-0.1, -0.05) is 0 Å². The zero-order valence-electron chi connectivity index (χ0n) is 8.41. The van der Waals surface area contributed by atoms with Gasteiger partial charge in [0, 0.05) is 24.2 Å². The summed E-state index contributed by atoms with van der Waals surface area (Å²) in [5.41, 5.74) is 7.09. The summed E-state index contributed by atoms with van der Waals surface area (Å²) in [6, 6.07) is 0.250. The van der Waals surface area contributed by atoms with Crippen LogP contribution in [0.3, 0.4) is 0 Å². The van der Waals surface area contributed by atoms with Gasteiger partial charge >= 0.3 is 0 Å². The Hall–Kier alpha value is -0.540. The first-order valence-corrected chi connectivity index (χ1v) is 5.52. The van der Waals surface area contributed by atoms with Gasteiger partial charge in [0.2, 0.25) is 5.28 Å². The van der Waals surface area contributed by atoms with Gasteiger partial charge in [-0.15, -0.1) is 0 Å². The molecule has 1 aliphatic rings. The molecule has 1 aromatic heterocycles. The lowest BCUT2D eigenvalue weighted by atomic mass is 9.90. The molecule has 2 N–H and O–H groups in total. The molecule has 0 amide bonds. The predicted octanol–water partition coefficient (Wildman–Crippen LogP) is 2.15. The third-order valence-corrected chi connectivity index (χ3v) is 3.15. The molecule has 0 saturated carbocycles. The number of fused-ring (bicyclic) bond motifs is 1. The van der Waals surface area contributed by atoms with Crippen molar-refractivity contribution >= 4 is 11.6 Å². The van der Waals surface area contributed by atoms with Gasteiger partial charge in [0.1, 0.15) is 0 Å². The summed E-state index contributed by atoms with van der Waals surface area (Å²) in [6.07, 6.45) is 5.32. The zero-order chi connectivity index (χ0) is 10.1. The quantitative estimate of drug-likeness (QED) is 0.818. The number of hydrogen-bond donors (Lipinski definition) is 1. The molecule has 2 atom stereocenters. The first-order chi connectivity index (χ1) is 6.68. The van der Waals surface area contributed by atoms with Crippen molar-refractivity contribution in [2.24, 2.45) is 5.73 Å². The van der Waals surface area contributed by atoms with Crippen molar-refractivity contribution in [2.45, 2.75) is 44.7 Å². The number of rotatable bonds is 2. The molecule has 78 valence electrons.